The van der Waals surface area contributed by atoms with E-state index in [0.717, 1.165) is 18.4 Å². The van der Waals surface area contributed by atoms with Crippen LogP contribution in [-0.2, 0) is 4.79 Å². The minimum atomic E-state index is -0.190. The highest BCUT2D eigenvalue weighted by molar-refractivity contribution is 7.99. The number of hydrogen-bond donors (Lipinski definition) is 1. The highest BCUT2D eigenvalue weighted by Gasteiger charge is 2.16. The van der Waals surface area contributed by atoms with Gasteiger partial charge in [-0.05, 0) is 56.4 Å². The zero-order valence-corrected chi connectivity index (χ0v) is 18.7. The molecule has 0 fully saturated rings. The maximum atomic E-state index is 13.2. The van der Waals surface area contributed by atoms with E-state index in [0.29, 0.717) is 27.8 Å². The van der Waals surface area contributed by atoms with Crippen molar-refractivity contribution in [3.8, 4) is 5.82 Å². The molecule has 0 radical (unpaired) electrons. The number of aromatic nitrogens is 3. The van der Waals surface area contributed by atoms with Crippen molar-refractivity contribution in [2.24, 2.45) is 5.92 Å². The van der Waals surface area contributed by atoms with Crippen LogP contribution >= 0.6 is 11.8 Å². The van der Waals surface area contributed by atoms with Gasteiger partial charge in [0, 0.05) is 12.2 Å². The molecular formula is C23H28N4O2S. The summed E-state index contributed by atoms with van der Waals surface area (Å²) in [6.45, 7) is 8.31. The van der Waals surface area contributed by atoms with E-state index in [9.17, 15) is 9.59 Å². The van der Waals surface area contributed by atoms with Crippen LogP contribution in [-0.4, -0.2) is 32.2 Å². The minimum absolute atomic E-state index is 0.0675. The number of amides is 1. The molecule has 0 spiro atoms. The highest BCUT2D eigenvalue weighted by Crippen LogP contribution is 2.20. The van der Waals surface area contributed by atoms with E-state index in [2.05, 4.69) is 29.1 Å². The SMILES string of the molecule is Cc1ccc(-n2c(SCC(=O)N[C@H](C)CCC(C)C)nc3ccccc3c2=O)nc1. The van der Waals surface area contributed by atoms with Gasteiger partial charge < -0.3 is 5.32 Å². The average Bonchev–Trinajstić information content (AvgIpc) is 2.72. The molecule has 1 amide bonds. The second-order valence-corrected chi connectivity index (χ2v) is 8.92. The zero-order chi connectivity index (χ0) is 21.7. The molecule has 0 aliphatic carbocycles. The summed E-state index contributed by atoms with van der Waals surface area (Å²) in [6, 6.07) is 11.0. The van der Waals surface area contributed by atoms with Crippen LogP contribution in [0.1, 0.15) is 39.2 Å². The molecular weight excluding hydrogens is 396 g/mol. The number of carbonyl (C=O) groups is 1. The lowest BCUT2D eigenvalue weighted by molar-refractivity contribution is -0.119. The molecule has 158 valence electrons. The van der Waals surface area contributed by atoms with Crippen LogP contribution in [0.3, 0.4) is 0 Å². The van der Waals surface area contributed by atoms with Crippen molar-refractivity contribution in [1.29, 1.82) is 0 Å². The molecule has 3 aromatic rings. The number of benzene rings is 1. The van der Waals surface area contributed by atoms with E-state index < -0.39 is 0 Å². The fourth-order valence-corrected chi connectivity index (χ4v) is 3.92. The van der Waals surface area contributed by atoms with Gasteiger partial charge in [-0.1, -0.05) is 43.8 Å². The van der Waals surface area contributed by atoms with Gasteiger partial charge in [-0.15, -0.1) is 0 Å². The number of rotatable bonds is 8. The Kier molecular flexibility index (Phi) is 7.26. The monoisotopic (exact) mass is 424 g/mol. The first kappa shape index (κ1) is 22.0. The van der Waals surface area contributed by atoms with Crippen molar-refractivity contribution in [3.63, 3.8) is 0 Å². The van der Waals surface area contributed by atoms with E-state index in [-0.39, 0.29) is 23.3 Å². The van der Waals surface area contributed by atoms with Gasteiger partial charge in [-0.3, -0.25) is 9.59 Å². The molecule has 7 heteroatoms. The number of pyridine rings is 1. The number of hydrogen-bond acceptors (Lipinski definition) is 5. The summed E-state index contributed by atoms with van der Waals surface area (Å²) in [4.78, 5) is 34.7. The number of carbonyl (C=O) groups excluding carboxylic acids is 1. The fourth-order valence-electron chi connectivity index (χ4n) is 3.11. The van der Waals surface area contributed by atoms with Crippen LogP contribution in [0.15, 0.2) is 52.5 Å². The summed E-state index contributed by atoms with van der Waals surface area (Å²) >= 11 is 1.25. The number of nitrogens with one attached hydrogen (secondary N) is 1. The fraction of sp³-hybridized carbons (Fsp3) is 0.391. The Morgan fingerprint density at radius 2 is 1.90 bits per heavy atom. The summed E-state index contributed by atoms with van der Waals surface area (Å²) in [5.74, 6) is 1.22. The predicted octanol–water partition coefficient (Wildman–Crippen LogP) is 4.12. The average molecular weight is 425 g/mol. The van der Waals surface area contributed by atoms with Gasteiger partial charge in [0.2, 0.25) is 5.91 Å². The minimum Gasteiger partial charge on any atom is -0.353 e. The van der Waals surface area contributed by atoms with Crippen LogP contribution in [0.2, 0.25) is 0 Å². The second-order valence-electron chi connectivity index (χ2n) is 7.97. The molecule has 6 nitrogen and oxygen atoms in total. The van der Waals surface area contributed by atoms with Gasteiger partial charge in [0.1, 0.15) is 5.82 Å². The van der Waals surface area contributed by atoms with Gasteiger partial charge in [0.15, 0.2) is 5.16 Å². The molecule has 0 saturated heterocycles. The number of aryl methyl sites for hydroxylation is 1. The first-order valence-electron chi connectivity index (χ1n) is 10.2. The number of nitrogens with zero attached hydrogens (tertiary/aromatic N) is 3. The van der Waals surface area contributed by atoms with E-state index >= 15 is 0 Å². The lowest BCUT2D eigenvalue weighted by Gasteiger charge is -2.16. The molecule has 3 rings (SSSR count). The largest absolute Gasteiger partial charge is 0.353 e. The van der Waals surface area contributed by atoms with Crippen molar-refractivity contribution in [3.05, 3.63) is 58.5 Å². The highest BCUT2D eigenvalue weighted by atomic mass is 32.2. The Labute approximate surface area is 181 Å². The first-order chi connectivity index (χ1) is 14.3. The summed E-state index contributed by atoms with van der Waals surface area (Å²) in [7, 11) is 0. The van der Waals surface area contributed by atoms with Crippen molar-refractivity contribution in [2.75, 3.05) is 5.75 Å². The Morgan fingerprint density at radius 1 is 1.13 bits per heavy atom. The standard InChI is InChI=1S/C23H28N4O2S/c1-15(2)9-11-17(4)25-21(28)14-30-23-26-19-8-6-5-7-18(19)22(29)27(23)20-12-10-16(3)13-24-20/h5-8,10,12-13,15,17H,9,11,14H2,1-4H3,(H,25,28)/t17-/m1/s1. The maximum absolute atomic E-state index is 13.2. The van der Waals surface area contributed by atoms with Crippen LogP contribution in [0.5, 0.6) is 0 Å². The van der Waals surface area contributed by atoms with Gasteiger partial charge >= 0.3 is 0 Å². The molecule has 0 unspecified atom stereocenters. The first-order valence-corrected chi connectivity index (χ1v) is 11.2. The quantitative estimate of drug-likeness (QED) is 0.435. The Morgan fingerprint density at radius 3 is 2.60 bits per heavy atom. The summed E-state index contributed by atoms with van der Waals surface area (Å²) in [6.07, 6.45) is 3.73. The van der Waals surface area contributed by atoms with E-state index in [1.165, 1.54) is 16.3 Å². The smallest absolute Gasteiger partial charge is 0.267 e. The molecule has 1 N–H and O–H groups in total. The van der Waals surface area contributed by atoms with Crippen molar-refractivity contribution in [1.82, 2.24) is 19.9 Å². The van der Waals surface area contributed by atoms with Crippen LogP contribution < -0.4 is 10.9 Å². The van der Waals surface area contributed by atoms with Crippen LogP contribution in [0.25, 0.3) is 16.7 Å². The second kappa shape index (κ2) is 9.89. The number of fused-ring (bicyclic) bond motifs is 1. The number of para-hydroxylation sites is 1. The molecule has 0 aliphatic heterocycles. The molecule has 0 aliphatic rings. The topological polar surface area (TPSA) is 76.9 Å². The normalized spacial score (nSPS) is 12.3. The van der Waals surface area contributed by atoms with Gasteiger partial charge in [0.25, 0.3) is 5.56 Å². The molecule has 30 heavy (non-hydrogen) atoms. The zero-order valence-electron chi connectivity index (χ0n) is 17.9. The van der Waals surface area contributed by atoms with E-state index in [1.807, 2.05) is 38.1 Å². The molecule has 2 aromatic heterocycles. The molecule has 1 atom stereocenters. The molecule has 0 bridgehead atoms. The summed E-state index contributed by atoms with van der Waals surface area (Å²) in [5.41, 5.74) is 1.42. The lowest BCUT2D eigenvalue weighted by Crippen LogP contribution is -2.34. The van der Waals surface area contributed by atoms with Gasteiger partial charge in [-0.25, -0.2) is 14.5 Å². The van der Waals surface area contributed by atoms with E-state index in [1.54, 1.807) is 18.3 Å². The van der Waals surface area contributed by atoms with Crippen LogP contribution in [0, 0.1) is 12.8 Å². The maximum Gasteiger partial charge on any atom is 0.267 e. The van der Waals surface area contributed by atoms with Crippen molar-refractivity contribution >= 4 is 28.6 Å². The third-order valence-corrected chi connectivity index (χ3v) is 5.73. The van der Waals surface area contributed by atoms with Crippen molar-refractivity contribution < 1.29 is 4.79 Å². The third-order valence-electron chi connectivity index (χ3n) is 4.79. The van der Waals surface area contributed by atoms with Crippen LogP contribution in [0.4, 0.5) is 0 Å². The summed E-state index contributed by atoms with van der Waals surface area (Å²) < 4.78 is 1.49. The molecule has 2 heterocycles. The predicted molar refractivity (Wildman–Crippen MR) is 122 cm³/mol. The van der Waals surface area contributed by atoms with Crippen molar-refractivity contribution in [2.45, 2.75) is 51.7 Å². The Hall–Kier alpha value is -2.67. The Bertz CT molecular complexity index is 1080. The number of thioether (sulfide) groups is 1. The third kappa shape index (κ3) is 5.48. The summed E-state index contributed by atoms with van der Waals surface area (Å²) in [5, 5.41) is 4.02. The molecule has 1 aromatic carbocycles. The lowest BCUT2D eigenvalue weighted by atomic mass is 10.0. The molecule has 0 saturated carbocycles. The van der Waals surface area contributed by atoms with Gasteiger partial charge in [-0.2, -0.15) is 0 Å². The van der Waals surface area contributed by atoms with Gasteiger partial charge in [0.05, 0.1) is 16.7 Å². The van der Waals surface area contributed by atoms with E-state index in [4.69, 9.17) is 0 Å². The Balaban J connectivity index is 1.85.